The molecule has 0 aliphatic carbocycles. The van der Waals surface area contributed by atoms with Crippen LogP contribution >= 0.6 is 0 Å². The Hall–Kier alpha value is 0. The van der Waals surface area contributed by atoms with Gasteiger partial charge in [-0.1, -0.05) is 53.9 Å². The van der Waals surface area contributed by atoms with Gasteiger partial charge in [0.1, 0.15) is 0 Å². The second-order valence-electron chi connectivity index (χ2n) is 4.87. The van der Waals surface area contributed by atoms with Gasteiger partial charge in [-0.05, 0) is 24.2 Å². The van der Waals surface area contributed by atoms with Crippen LogP contribution in [0, 0.1) is 18.3 Å². The van der Waals surface area contributed by atoms with Crippen LogP contribution in [0.3, 0.4) is 0 Å². The molecule has 0 saturated carbocycles. The molecular formula is C12H25. The lowest BCUT2D eigenvalue weighted by atomic mass is 9.79. The summed E-state index contributed by atoms with van der Waals surface area (Å²) in [6.07, 6.45) is 6.39. The minimum atomic E-state index is 0.545. The molecule has 0 amide bonds. The Morgan fingerprint density at radius 1 is 1.33 bits per heavy atom. The Labute approximate surface area is 78.8 Å². The van der Waals surface area contributed by atoms with E-state index in [-0.39, 0.29) is 0 Å². The van der Waals surface area contributed by atoms with Gasteiger partial charge in [0, 0.05) is 0 Å². The van der Waals surface area contributed by atoms with E-state index in [1.807, 2.05) is 0 Å². The van der Waals surface area contributed by atoms with Crippen LogP contribution < -0.4 is 0 Å². The van der Waals surface area contributed by atoms with Crippen molar-refractivity contribution in [3.05, 3.63) is 6.92 Å². The minimum absolute atomic E-state index is 0.545. The van der Waals surface area contributed by atoms with Gasteiger partial charge < -0.3 is 0 Å². The SMILES string of the molecule is [CH2]CCC(C)CC(C)(C)CCC. The molecule has 0 aromatic rings. The lowest BCUT2D eigenvalue weighted by molar-refractivity contribution is 0.248. The average Bonchev–Trinajstić information content (AvgIpc) is 1.85. The highest BCUT2D eigenvalue weighted by Gasteiger charge is 2.19. The van der Waals surface area contributed by atoms with Gasteiger partial charge in [0.15, 0.2) is 0 Å². The third-order valence-electron chi connectivity index (χ3n) is 2.52. The summed E-state index contributed by atoms with van der Waals surface area (Å²) in [4.78, 5) is 0. The van der Waals surface area contributed by atoms with E-state index in [0.29, 0.717) is 5.41 Å². The molecule has 0 aliphatic heterocycles. The molecule has 73 valence electrons. The molecule has 0 aromatic heterocycles. The summed E-state index contributed by atoms with van der Waals surface area (Å²) in [6.45, 7) is 13.3. The highest BCUT2D eigenvalue weighted by Crippen LogP contribution is 2.31. The number of hydrogen-bond acceptors (Lipinski definition) is 0. The summed E-state index contributed by atoms with van der Waals surface area (Å²) in [5.74, 6) is 0.851. The lowest BCUT2D eigenvalue weighted by Gasteiger charge is -2.27. The normalized spacial score (nSPS) is 14.8. The summed E-state index contributed by atoms with van der Waals surface area (Å²) in [7, 11) is 0. The van der Waals surface area contributed by atoms with Crippen LogP contribution in [-0.2, 0) is 0 Å². The van der Waals surface area contributed by atoms with Crippen molar-refractivity contribution in [1.29, 1.82) is 0 Å². The first-order chi connectivity index (χ1) is 5.52. The zero-order chi connectivity index (χ0) is 9.61. The van der Waals surface area contributed by atoms with Crippen molar-refractivity contribution in [2.24, 2.45) is 11.3 Å². The van der Waals surface area contributed by atoms with Gasteiger partial charge in [-0.25, -0.2) is 0 Å². The largest absolute Gasteiger partial charge is 0.0654 e. The maximum absolute atomic E-state index is 3.90. The standard InChI is InChI=1S/C12H25/c1-6-8-11(3)10-12(4,5)9-7-2/h11H,1,6-10H2,2-5H3. The van der Waals surface area contributed by atoms with E-state index in [0.717, 1.165) is 12.3 Å². The Morgan fingerprint density at radius 2 is 1.92 bits per heavy atom. The number of rotatable bonds is 6. The molecule has 0 aliphatic rings. The third kappa shape index (κ3) is 5.62. The van der Waals surface area contributed by atoms with Gasteiger partial charge >= 0.3 is 0 Å². The highest BCUT2D eigenvalue weighted by atomic mass is 14.2. The molecule has 0 N–H and O–H groups in total. The van der Waals surface area contributed by atoms with Crippen LogP contribution in [0.2, 0.25) is 0 Å². The van der Waals surface area contributed by atoms with Crippen molar-refractivity contribution in [3.63, 3.8) is 0 Å². The van der Waals surface area contributed by atoms with Gasteiger partial charge in [0.05, 0.1) is 0 Å². The monoisotopic (exact) mass is 169 g/mol. The third-order valence-corrected chi connectivity index (χ3v) is 2.52. The maximum Gasteiger partial charge on any atom is -0.0352 e. The van der Waals surface area contributed by atoms with Gasteiger partial charge in [-0.3, -0.25) is 0 Å². The molecule has 0 heterocycles. The summed E-state index contributed by atoms with van der Waals surface area (Å²) < 4.78 is 0. The van der Waals surface area contributed by atoms with E-state index < -0.39 is 0 Å². The van der Waals surface area contributed by atoms with Crippen LogP contribution in [-0.4, -0.2) is 0 Å². The molecule has 1 unspecified atom stereocenters. The van der Waals surface area contributed by atoms with E-state index in [9.17, 15) is 0 Å². The van der Waals surface area contributed by atoms with Crippen LogP contribution in [0.25, 0.3) is 0 Å². The first-order valence-corrected chi connectivity index (χ1v) is 5.31. The van der Waals surface area contributed by atoms with Crippen LogP contribution in [0.4, 0.5) is 0 Å². The fourth-order valence-electron chi connectivity index (χ4n) is 2.17. The van der Waals surface area contributed by atoms with Crippen molar-refractivity contribution in [2.45, 2.75) is 59.8 Å². The smallest absolute Gasteiger partial charge is 0.0352 e. The summed E-state index contributed by atoms with van der Waals surface area (Å²) in [5.41, 5.74) is 0.545. The summed E-state index contributed by atoms with van der Waals surface area (Å²) in [6, 6.07) is 0. The predicted molar refractivity (Wildman–Crippen MR) is 57.1 cm³/mol. The second kappa shape index (κ2) is 5.61. The first kappa shape index (κ1) is 12.0. The van der Waals surface area contributed by atoms with E-state index in [4.69, 9.17) is 0 Å². The quantitative estimate of drug-likeness (QED) is 0.551. The van der Waals surface area contributed by atoms with Crippen molar-refractivity contribution in [2.75, 3.05) is 0 Å². The summed E-state index contributed by atoms with van der Waals surface area (Å²) in [5, 5.41) is 0. The maximum atomic E-state index is 3.90. The Bertz CT molecular complexity index is 103. The van der Waals surface area contributed by atoms with Gasteiger partial charge in [0.25, 0.3) is 0 Å². The predicted octanol–water partition coefficient (Wildman–Crippen LogP) is 4.45. The summed E-state index contributed by atoms with van der Waals surface area (Å²) >= 11 is 0. The topological polar surface area (TPSA) is 0 Å². The van der Waals surface area contributed by atoms with Crippen molar-refractivity contribution < 1.29 is 0 Å². The molecule has 0 heteroatoms. The second-order valence-corrected chi connectivity index (χ2v) is 4.87. The van der Waals surface area contributed by atoms with E-state index in [2.05, 4.69) is 34.6 Å². The first-order valence-electron chi connectivity index (χ1n) is 5.31. The Balaban J connectivity index is 3.70. The molecule has 1 atom stereocenters. The molecule has 0 rings (SSSR count). The van der Waals surface area contributed by atoms with Crippen LogP contribution in [0.5, 0.6) is 0 Å². The minimum Gasteiger partial charge on any atom is -0.0654 e. The van der Waals surface area contributed by atoms with Crippen molar-refractivity contribution in [1.82, 2.24) is 0 Å². The fraction of sp³-hybridized carbons (Fsp3) is 0.917. The fourth-order valence-corrected chi connectivity index (χ4v) is 2.17. The van der Waals surface area contributed by atoms with Crippen LogP contribution in [0.15, 0.2) is 0 Å². The van der Waals surface area contributed by atoms with E-state index in [1.165, 1.54) is 25.7 Å². The Morgan fingerprint density at radius 3 is 2.33 bits per heavy atom. The molecule has 0 fully saturated rings. The van der Waals surface area contributed by atoms with Gasteiger partial charge in [0.2, 0.25) is 0 Å². The molecule has 0 nitrogen and oxygen atoms in total. The Kier molecular flexibility index (Phi) is 5.61. The molecule has 0 bridgehead atoms. The lowest BCUT2D eigenvalue weighted by Crippen LogP contribution is -2.15. The van der Waals surface area contributed by atoms with E-state index in [1.54, 1.807) is 0 Å². The highest BCUT2D eigenvalue weighted by molar-refractivity contribution is 4.71. The zero-order valence-electron chi connectivity index (χ0n) is 9.32. The van der Waals surface area contributed by atoms with Crippen molar-refractivity contribution in [3.8, 4) is 0 Å². The molecule has 0 aromatic carbocycles. The molecule has 0 saturated heterocycles. The molecule has 1 radical (unpaired) electrons. The molecular weight excluding hydrogens is 144 g/mol. The van der Waals surface area contributed by atoms with Crippen molar-refractivity contribution >= 4 is 0 Å². The number of hydrogen-bond donors (Lipinski definition) is 0. The molecule has 0 spiro atoms. The van der Waals surface area contributed by atoms with Gasteiger partial charge in [-0.2, -0.15) is 0 Å². The molecule has 12 heavy (non-hydrogen) atoms. The van der Waals surface area contributed by atoms with Crippen LogP contribution in [0.1, 0.15) is 59.8 Å². The zero-order valence-corrected chi connectivity index (χ0v) is 9.32. The van der Waals surface area contributed by atoms with E-state index >= 15 is 0 Å². The van der Waals surface area contributed by atoms with Gasteiger partial charge in [-0.15, -0.1) is 0 Å². The average molecular weight is 169 g/mol.